The maximum Gasteiger partial charge on any atom is 0.367 e. The van der Waals surface area contributed by atoms with Crippen LogP contribution in [0.15, 0.2) is 17.5 Å². The fourth-order valence-electron chi connectivity index (χ4n) is 2.15. The lowest BCUT2D eigenvalue weighted by atomic mass is 9.98. The van der Waals surface area contributed by atoms with Crippen molar-refractivity contribution in [2.75, 3.05) is 7.11 Å². The highest BCUT2D eigenvalue weighted by molar-refractivity contribution is 7.11. The first-order chi connectivity index (χ1) is 8.52. The third-order valence-corrected chi connectivity index (χ3v) is 3.62. The van der Waals surface area contributed by atoms with E-state index in [4.69, 9.17) is 0 Å². The number of hydrogen-bond donors (Lipinski definition) is 0. The van der Waals surface area contributed by atoms with Crippen LogP contribution >= 0.6 is 11.3 Å². The van der Waals surface area contributed by atoms with Gasteiger partial charge in [-0.3, -0.25) is 0 Å². The number of thiazole rings is 1. The van der Waals surface area contributed by atoms with Crippen LogP contribution in [0.25, 0.3) is 11.3 Å². The summed E-state index contributed by atoms with van der Waals surface area (Å²) in [6.07, 6.45) is 0. The quantitative estimate of drug-likeness (QED) is 0.776. The molecule has 0 bridgehead atoms. The van der Waals surface area contributed by atoms with Crippen molar-refractivity contribution in [3.05, 3.63) is 39.2 Å². The molecule has 1 heterocycles. The number of ether oxygens (including phenoxy) is 1. The van der Waals surface area contributed by atoms with Gasteiger partial charge in [0, 0.05) is 10.9 Å². The van der Waals surface area contributed by atoms with E-state index in [1.165, 1.54) is 35.1 Å². The maximum absolute atomic E-state index is 11.4. The molecule has 0 saturated heterocycles. The Bertz CT molecular complexity index is 579. The van der Waals surface area contributed by atoms with E-state index in [1.807, 2.05) is 5.38 Å². The van der Waals surface area contributed by atoms with Gasteiger partial charge in [-0.25, -0.2) is 9.78 Å². The first-order valence-corrected chi connectivity index (χ1v) is 6.53. The fourth-order valence-corrected chi connectivity index (χ4v) is 2.88. The van der Waals surface area contributed by atoms with Gasteiger partial charge in [0.1, 0.15) is 0 Å². The highest BCUT2D eigenvalue weighted by Gasteiger charge is 2.14. The molecular weight excluding hydrogens is 246 g/mol. The minimum atomic E-state index is -0.381. The van der Waals surface area contributed by atoms with Gasteiger partial charge in [-0.1, -0.05) is 17.7 Å². The molecule has 0 fully saturated rings. The SMILES string of the molecule is COC(=O)c1nc(-c2c(C)cc(C)cc2C)cs1. The van der Waals surface area contributed by atoms with E-state index in [2.05, 4.69) is 42.6 Å². The van der Waals surface area contributed by atoms with E-state index in [9.17, 15) is 4.79 Å². The van der Waals surface area contributed by atoms with Gasteiger partial charge in [-0.2, -0.15) is 0 Å². The molecule has 1 aromatic heterocycles. The van der Waals surface area contributed by atoms with Crippen LogP contribution in [0.3, 0.4) is 0 Å². The second-order valence-corrected chi connectivity index (χ2v) is 5.16. The standard InChI is InChI=1S/C14H15NO2S/c1-8-5-9(2)12(10(3)6-8)11-7-18-13(15-11)14(16)17-4/h5-7H,1-4H3. The Kier molecular flexibility index (Phi) is 3.48. The van der Waals surface area contributed by atoms with Crippen LogP contribution in [-0.4, -0.2) is 18.1 Å². The first kappa shape index (κ1) is 12.8. The lowest BCUT2D eigenvalue weighted by Gasteiger charge is -2.08. The van der Waals surface area contributed by atoms with Gasteiger partial charge in [-0.05, 0) is 31.9 Å². The van der Waals surface area contributed by atoms with E-state index in [1.54, 1.807) is 0 Å². The summed E-state index contributed by atoms with van der Waals surface area (Å²) in [5.74, 6) is -0.381. The smallest absolute Gasteiger partial charge is 0.367 e. The van der Waals surface area contributed by atoms with Crippen LogP contribution < -0.4 is 0 Å². The monoisotopic (exact) mass is 261 g/mol. The molecule has 0 unspecified atom stereocenters. The van der Waals surface area contributed by atoms with Crippen molar-refractivity contribution < 1.29 is 9.53 Å². The summed E-state index contributed by atoms with van der Waals surface area (Å²) in [7, 11) is 1.37. The van der Waals surface area contributed by atoms with Crippen molar-refractivity contribution in [3.63, 3.8) is 0 Å². The number of aromatic nitrogens is 1. The van der Waals surface area contributed by atoms with Crippen molar-refractivity contribution in [1.29, 1.82) is 0 Å². The van der Waals surface area contributed by atoms with Gasteiger partial charge < -0.3 is 4.74 Å². The number of methoxy groups -OCH3 is 1. The molecule has 0 spiro atoms. The number of carbonyl (C=O) groups is 1. The van der Waals surface area contributed by atoms with E-state index in [0.29, 0.717) is 5.01 Å². The number of rotatable bonds is 2. The number of esters is 1. The predicted octanol–water partition coefficient (Wildman–Crippen LogP) is 3.52. The summed E-state index contributed by atoms with van der Waals surface area (Å²) in [4.78, 5) is 15.8. The molecule has 0 aliphatic rings. The topological polar surface area (TPSA) is 39.2 Å². The van der Waals surface area contributed by atoms with Crippen molar-refractivity contribution in [1.82, 2.24) is 4.98 Å². The molecule has 18 heavy (non-hydrogen) atoms. The molecule has 4 heteroatoms. The van der Waals surface area contributed by atoms with Crippen LogP contribution in [0.2, 0.25) is 0 Å². The largest absolute Gasteiger partial charge is 0.464 e. The lowest BCUT2D eigenvalue weighted by Crippen LogP contribution is -2.00. The average molecular weight is 261 g/mol. The molecule has 94 valence electrons. The van der Waals surface area contributed by atoms with Gasteiger partial charge in [0.05, 0.1) is 12.8 Å². The van der Waals surface area contributed by atoms with Crippen molar-refractivity contribution >= 4 is 17.3 Å². The highest BCUT2D eigenvalue weighted by atomic mass is 32.1. The normalized spacial score (nSPS) is 10.4. The Morgan fingerprint density at radius 3 is 2.39 bits per heavy atom. The molecule has 0 amide bonds. The van der Waals surface area contributed by atoms with E-state index < -0.39 is 0 Å². The zero-order valence-corrected chi connectivity index (χ0v) is 11.7. The van der Waals surface area contributed by atoms with Crippen molar-refractivity contribution in [3.8, 4) is 11.3 Å². The summed E-state index contributed by atoms with van der Waals surface area (Å²) in [6.45, 7) is 6.20. The summed E-state index contributed by atoms with van der Waals surface area (Å²) in [6, 6.07) is 4.25. The van der Waals surface area contributed by atoms with E-state index in [-0.39, 0.29) is 5.97 Å². The average Bonchev–Trinajstić information content (AvgIpc) is 2.76. The molecule has 3 nitrogen and oxygen atoms in total. The molecule has 2 rings (SSSR count). The third kappa shape index (κ3) is 2.29. The van der Waals surface area contributed by atoms with Gasteiger partial charge in [0.15, 0.2) is 0 Å². The molecule has 0 aliphatic carbocycles. The fraction of sp³-hybridized carbons (Fsp3) is 0.286. The Morgan fingerprint density at radius 1 is 1.22 bits per heavy atom. The third-order valence-electron chi connectivity index (χ3n) is 2.80. The number of aryl methyl sites for hydroxylation is 3. The molecule has 0 atom stereocenters. The Morgan fingerprint density at radius 2 is 1.83 bits per heavy atom. The molecule has 0 radical (unpaired) electrons. The van der Waals surface area contributed by atoms with Gasteiger partial charge >= 0.3 is 5.97 Å². The Balaban J connectivity index is 2.49. The van der Waals surface area contributed by atoms with Crippen LogP contribution in [-0.2, 0) is 4.74 Å². The molecule has 2 aromatic rings. The highest BCUT2D eigenvalue weighted by Crippen LogP contribution is 2.29. The van der Waals surface area contributed by atoms with Crippen LogP contribution in [0.4, 0.5) is 0 Å². The molecule has 0 saturated carbocycles. The predicted molar refractivity (Wildman–Crippen MR) is 73.1 cm³/mol. The lowest BCUT2D eigenvalue weighted by molar-refractivity contribution is 0.0600. The number of nitrogens with zero attached hydrogens (tertiary/aromatic N) is 1. The Hall–Kier alpha value is -1.68. The summed E-state index contributed by atoms with van der Waals surface area (Å²) < 4.78 is 4.67. The molecule has 0 N–H and O–H groups in total. The summed E-state index contributed by atoms with van der Waals surface area (Å²) >= 11 is 1.31. The maximum atomic E-state index is 11.4. The number of carbonyl (C=O) groups excluding carboxylic acids is 1. The van der Waals surface area contributed by atoms with Crippen LogP contribution in [0.5, 0.6) is 0 Å². The van der Waals surface area contributed by atoms with Crippen molar-refractivity contribution in [2.45, 2.75) is 20.8 Å². The minimum absolute atomic E-state index is 0.381. The first-order valence-electron chi connectivity index (χ1n) is 5.65. The van der Waals surface area contributed by atoms with Crippen LogP contribution in [0, 0.1) is 20.8 Å². The minimum Gasteiger partial charge on any atom is -0.464 e. The number of benzene rings is 1. The Labute approximate surface area is 110 Å². The van der Waals surface area contributed by atoms with Crippen LogP contribution in [0.1, 0.15) is 26.5 Å². The van der Waals surface area contributed by atoms with Crippen molar-refractivity contribution in [2.24, 2.45) is 0 Å². The number of hydrogen-bond acceptors (Lipinski definition) is 4. The van der Waals surface area contributed by atoms with Gasteiger partial charge in [-0.15, -0.1) is 11.3 Å². The van der Waals surface area contributed by atoms with E-state index >= 15 is 0 Å². The molecular formula is C14H15NO2S. The molecule has 1 aromatic carbocycles. The van der Waals surface area contributed by atoms with Gasteiger partial charge in [0.2, 0.25) is 5.01 Å². The van der Waals surface area contributed by atoms with E-state index in [0.717, 1.165) is 11.3 Å². The second-order valence-electron chi connectivity index (χ2n) is 4.30. The summed E-state index contributed by atoms with van der Waals surface area (Å²) in [5, 5.41) is 2.29. The summed E-state index contributed by atoms with van der Waals surface area (Å²) in [5.41, 5.74) is 5.53. The molecule has 0 aliphatic heterocycles. The van der Waals surface area contributed by atoms with Gasteiger partial charge in [0.25, 0.3) is 0 Å². The second kappa shape index (κ2) is 4.90. The zero-order valence-electron chi connectivity index (χ0n) is 10.9. The zero-order chi connectivity index (χ0) is 13.3.